The van der Waals surface area contributed by atoms with Crippen LogP contribution in [0.1, 0.15) is 54.4 Å². The third-order valence-corrected chi connectivity index (χ3v) is 8.44. The number of hydrogen-bond donors (Lipinski definition) is 0. The summed E-state index contributed by atoms with van der Waals surface area (Å²) >= 11 is 0. The van der Waals surface area contributed by atoms with Gasteiger partial charge in [0, 0.05) is 13.2 Å². The Balaban J connectivity index is 1.08. The van der Waals surface area contributed by atoms with Gasteiger partial charge < -0.3 is 61.6 Å². The topological polar surface area (TPSA) is 120 Å². The molecule has 0 aromatic carbocycles. The van der Waals surface area contributed by atoms with Crippen LogP contribution in [0.15, 0.2) is 0 Å². The van der Waals surface area contributed by atoms with Crippen molar-refractivity contribution in [1.82, 2.24) is 0 Å². The molecule has 0 bridgehead atoms. The minimum absolute atomic E-state index is 0.243. The molecule has 7 heterocycles. The van der Waals surface area contributed by atoms with Crippen molar-refractivity contribution in [3.05, 3.63) is 0 Å². The van der Waals surface area contributed by atoms with Gasteiger partial charge in [-0.05, 0) is 54.4 Å². The SMILES string of the molecule is CC1(C)O[C@H]2O[C@@H]3COC[C@H]4O[C@@H]5OC(C)(C)O[C@@H]5[C@H]4OC[C@H]4O[C@@H]5OC(C)(C)O[C@@H]5[C@H]4OCCCCO[C@@H]3[C@H]2O1. The molecule has 12 atom stereocenters. The molecule has 0 aromatic heterocycles. The first-order valence-electron chi connectivity index (χ1n) is 14.9. The van der Waals surface area contributed by atoms with E-state index in [1.807, 2.05) is 41.5 Å². The predicted molar refractivity (Wildman–Crippen MR) is 135 cm³/mol. The second kappa shape index (κ2) is 10.8. The first-order chi connectivity index (χ1) is 19.5. The average Bonchev–Trinajstić information content (AvgIpc) is 3.64. The Hall–Kier alpha value is -0.520. The standard InChI is InChI=1S/C28H44O13/c1-26(2)36-20-17-14(33-23(20)39-26)11-29-12-15-19(22-25(34-15)41-28(5,6)38-22)32-13-16-18(31-10-8-7-9-30-17)21-24(35-16)40-27(3,4)37-21/h14-25H,7-13H2,1-6H3/t14-,15-,16-,17+,18+,19+,20-,21-,22-,23-,24-,25-/m1/s1. The van der Waals surface area contributed by atoms with E-state index >= 15 is 0 Å². The molecule has 7 fully saturated rings. The lowest BCUT2D eigenvalue weighted by molar-refractivity contribution is -0.239. The monoisotopic (exact) mass is 588 g/mol. The summed E-state index contributed by atoms with van der Waals surface area (Å²) in [5.41, 5.74) is 0. The fourth-order valence-electron chi connectivity index (χ4n) is 6.80. The zero-order chi connectivity index (χ0) is 28.6. The first kappa shape index (κ1) is 29.2. The van der Waals surface area contributed by atoms with Gasteiger partial charge in [-0.15, -0.1) is 0 Å². The van der Waals surface area contributed by atoms with E-state index in [-0.39, 0.29) is 50.3 Å². The normalized spacial score (nSPS) is 50.8. The summed E-state index contributed by atoms with van der Waals surface area (Å²) in [6, 6.07) is 0. The molecule has 7 aliphatic rings. The molecule has 7 rings (SSSR count). The Bertz CT molecular complexity index is 944. The van der Waals surface area contributed by atoms with Crippen molar-refractivity contribution in [3.63, 3.8) is 0 Å². The quantitative estimate of drug-likeness (QED) is 0.408. The number of hydrogen-bond acceptors (Lipinski definition) is 13. The van der Waals surface area contributed by atoms with Gasteiger partial charge in [-0.1, -0.05) is 0 Å². The Morgan fingerprint density at radius 3 is 1.20 bits per heavy atom. The number of fused-ring (bicyclic) bond motifs is 9. The lowest BCUT2D eigenvalue weighted by atomic mass is 10.1. The summed E-state index contributed by atoms with van der Waals surface area (Å²) in [6.07, 6.45) is -3.46. The van der Waals surface area contributed by atoms with E-state index in [0.717, 1.165) is 12.8 Å². The molecule has 7 aliphatic heterocycles. The van der Waals surface area contributed by atoms with Crippen molar-refractivity contribution in [2.45, 2.75) is 146 Å². The van der Waals surface area contributed by atoms with Crippen LogP contribution in [0.5, 0.6) is 0 Å². The molecule has 7 saturated heterocycles. The Morgan fingerprint density at radius 2 is 0.780 bits per heavy atom. The average molecular weight is 589 g/mol. The van der Waals surface area contributed by atoms with Crippen LogP contribution in [0, 0.1) is 0 Å². The van der Waals surface area contributed by atoms with Crippen molar-refractivity contribution in [2.75, 3.05) is 33.0 Å². The maximum absolute atomic E-state index is 6.48. The lowest BCUT2D eigenvalue weighted by Gasteiger charge is -2.29. The van der Waals surface area contributed by atoms with Gasteiger partial charge in [-0.25, -0.2) is 0 Å². The molecule has 0 unspecified atom stereocenters. The highest BCUT2D eigenvalue weighted by Crippen LogP contribution is 2.42. The molecule has 41 heavy (non-hydrogen) atoms. The van der Waals surface area contributed by atoms with Gasteiger partial charge in [0.15, 0.2) is 36.2 Å². The molecule has 13 nitrogen and oxygen atoms in total. The lowest BCUT2D eigenvalue weighted by Crippen LogP contribution is -2.44. The maximum atomic E-state index is 6.48. The fourth-order valence-corrected chi connectivity index (χ4v) is 6.80. The van der Waals surface area contributed by atoms with Crippen LogP contribution in [0.3, 0.4) is 0 Å². The van der Waals surface area contributed by atoms with Crippen molar-refractivity contribution >= 4 is 0 Å². The molecule has 13 heteroatoms. The molecule has 0 aromatic rings. The van der Waals surface area contributed by atoms with Crippen LogP contribution in [-0.2, 0) is 61.6 Å². The molecule has 0 N–H and O–H groups in total. The second-order valence-corrected chi connectivity index (χ2v) is 13.1. The molecular formula is C28H44O13. The van der Waals surface area contributed by atoms with E-state index in [1.54, 1.807) is 0 Å². The number of ether oxygens (including phenoxy) is 13. The van der Waals surface area contributed by atoms with Crippen LogP contribution in [-0.4, -0.2) is 124 Å². The third kappa shape index (κ3) is 5.84. The van der Waals surface area contributed by atoms with E-state index in [4.69, 9.17) is 61.6 Å². The minimum atomic E-state index is -0.786. The first-order valence-corrected chi connectivity index (χ1v) is 14.9. The Kier molecular flexibility index (Phi) is 7.71. The van der Waals surface area contributed by atoms with Crippen LogP contribution in [0.25, 0.3) is 0 Å². The zero-order valence-corrected chi connectivity index (χ0v) is 24.7. The zero-order valence-electron chi connectivity index (χ0n) is 24.7. The van der Waals surface area contributed by atoms with Crippen LogP contribution in [0.2, 0.25) is 0 Å². The fraction of sp³-hybridized carbons (Fsp3) is 1.00. The summed E-state index contributed by atoms with van der Waals surface area (Å²) < 4.78 is 80.5. The van der Waals surface area contributed by atoms with Crippen molar-refractivity contribution < 1.29 is 61.6 Å². The summed E-state index contributed by atoms with van der Waals surface area (Å²) in [6.45, 7) is 13.0. The highest BCUT2D eigenvalue weighted by atomic mass is 16.9. The van der Waals surface area contributed by atoms with Gasteiger partial charge in [0.25, 0.3) is 0 Å². The van der Waals surface area contributed by atoms with E-state index in [0.29, 0.717) is 13.2 Å². The van der Waals surface area contributed by atoms with E-state index < -0.39 is 60.6 Å². The van der Waals surface area contributed by atoms with Crippen molar-refractivity contribution in [1.29, 1.82) is 0 Å². The molecule has 0 saturated carbocycles. The van der Waals surface area contributed by atoms with E-state index in [1.165, 1.54) is 0 Å². The van der Waals surface area contributed by atoms with Crippen LogP contribution >= 0.6 is 0 Å². The van der Waals surface area contributed by atoms with E-state index in [9.17, 15) is 0 Å². The largest absolute Gasteiger partial charge is 0.376 e. The van der Waals surface area contributed by atoms with Gasteiger partial charge in [0.1, 0.15) is 54.9 Å². The van der Waals surface area contributed by atoms with Gasteiger partial charge in [0.2, 0.25) is 0 Å². The van der Waals surface area contributed by atoms with Gasteiger partial charge in [-0.2, -0.15) is 0 Å². The highest BCUT2D eigenvalue weighted by molar-refractivity contribution is 4.98. The number of rotatable bonds is 0. The minimum Gasteiger partial charge on any atom is -0.376 e. The smallest absolute Gasteiger partial charge is 0.190 e. The van der Waals surface area contributed by atoms with Gasteiger partial charge >= 0.3 is 0 Å². The van der Waals surface area contributed by atoms with E-state index in [2.05, 4.69) is 0 Å². The van der Waals surface area contributed by atoms with Gasteiger partial charge in [0.05, 0.1) is 19.8 Å². The molecule has 0 amide bonds. The summed E-state index contributed by atoms with van der Waals surface area (Å²) in [5, 5.41) is 0. The van der Waals surface area contributed by atoms with Crippen LogP contribution in [0.4, 0.5) is 0 Å². The summed E-state index contributed by atoms with van der Waals surface area (Å²) in [7, 11) is 0. The molecule has 0 radical (unpaired) electrons. The molecule has 0 aliphatic carbocycles. The molecular weight excluding hydrogens is 544 g/mol. The van der Waals surface area contributed by atoms with Crippen molar-refractivity contribution in [3.8, 4) is 0 Å². The summed E-state index contributed by atoms with van der Waals surface area (Å²) in [4.78, 5) is 0. The third-order valence-electron chi connectivity index (χ3n) is 8.44. The van der Waals surface area contributed by atoms with Crippen molar-refractivity contribution in [2.24, 2.45) is 0 Å². The Labute approximate surface area is 240 Å². The summed E-state index contributed by atoms with van der Waals surface area (Å²) in [5.74, 6) is -2.27. The predicted octanol–water partition coefficient (Wildman–Crippen LogP) is 1.58. The molecule has 0 spiro atoms. The highest BCUT2D eigenvalue weighted by Gasteiger charge is 2.59. The molecule has 234 valence electrons. The van der Waals surface area contributed by atoms with Gasteiger partial charge in [-0.3, -0.25) is 0 Å². The Morgan fingerprint density at radius 1 is 0.415 bits per heavy atom. The van der Waals surface area contributed by atoms with Crippen LogP contribution < -0.4 is 0 Å². The maximum Gasteiger partial charge on any atom is 0.190 e. The second-order valence-electron chi connectivity index (χ2n) is 13.1.